The molecule has 0 saturated carbocycles. The standard InChI is InChI=1S/C21H27FN2O2/c22-19-8-4-3-7-17(19)9-12-23-21(26)18-10-13-24(14-11-18)20(25)15-16-5-1-2-6-16/h1,3-5,7-8,16,18H,2,6,9-15H2,(H,23,26). The first-order chi connectivity index (χ1) is 12.6. The molecule has 1 heterocycles. The second kappa shape index (κ2) is 8.97. The monoisotopic (exact) mass is 358 g/mol. The molecular formula is C21H27FN2O2. The Morgan fingerprint density at radius 3 is 2.62 bits per heavy atom. The number of halogens is 1. The number of nitrogens with one attached hydrogen (secondary N) is 1. The smallest absolute Gasteiger partial charge is 0.223 e. The molecule has 0 aromatic heterocycles. The van der Waals surface area contributed by atoms with Gasteiger partial charge in [0.2, 0.25) is 11.8 Å². The molecule has 140 valence electrons. The average molecular weight is 358 g/mol. The minimum Gasteiger partial charge on any atom is -0.356 e. The van der Waals surface area contributed by atoms with Crippen molar-refractivity contribution in [1.82, 2.24) is 10.2 Å². The minimum absolute atomic E-state index is 0.0205. The van der Waals surface area contributed by atoms with Crippen molar-refractivity contribution in [3.8, 4) is 0 Å². The third-order valence-electron chi connectivity index (χ3n) is 5.42. The van der Waals surface area contributed by atoms with E-state index in [1.165, 1.54) is 6.07 Å². The molecule has 1 fully saturated rings. The predicted octanol–water partition coefficient (Wildman–Crippen LogP) is 3.08. The van der Waals surface area contributed by atoms with Crippen LogP contribution in [0.15, 0.2) is 36.4 Å². The van der Waals surface area contributed by atoms with Crippen LogP contribution in [0.2, 0.25) is 0 Å². The highest BCUT2D eigenvalue weighted by molar-refractivity contribution is 5.80. The molecule has 1 unspecified atom stereocenters. The summed E-state index contributed by atoms with van der Waals surface area (Å²) in [6.45, 7) is 1.74. The minimum atomic E-state index is -0.231. The largest absolute Gasteiger partial charge is 0.356 e. The van der Waals surface area contributed by atoms with Crippen LogP contribution in [-0.4, -0.2) is 36.3 Å². The van der Waals surface area contributed by atoms with E-state index in [9.17, 15) is 14.0 Å². The van der Waals surface area contributed by atoms with Crippen LogP contribution in [0.25, 0.3) is 0 Å². The van der Waals surface area contributed by atoms with Crippen LogP contribution in [0, 0.1) is 17.7 Å². The van der Waals surface area contributed by atoms with E-state index in [1.807, 2.05) is 4.90 Å². The van der Waals surface area contributed by atoms with Crippen LogP contribution in [0.1, 0.15) is 37.7 Å². The Balaban J connectivity index is 1.37. The molecule has 3 rings (SSSR count). The number of carbonyl (C=O) groups excluding carboxylic acids is 2. The Bertz CT molecular complexity index is 666. The first-order valence-electron chi connectivity index (χ1n) is 9.59. The fraction of sp³-hybridized carbons (Fsp3) is 0.524. The molecule has 1 aromatic rings. The summed E-state index contributed by atoms with van der Waals surface area (Å²) in [4.78, 5) is 26.6. The number of nitrogens with zero attached hydrogens (tertiary/aromatic N) is 1. The maximum Gasteiger partial charge on any atom is 0.223 e. The second-order valence-electron chi connectivity index (χ2n) is 7.26. The number of hydrogen-bond donors (Lipinski definition) is 1. The molecule has 1 atom stereocenters. The van der Waals surface area contributed by atoms with Crippen molar-refractivity contribution in [3.05, 3.63) is 47.8 Å². The van der Waals surface area contributed by atoms with Gasteiger partial charge in [0, 0.05) is 32.0 Å². The van der Waals surface area contributed by atoms with Crippen LogP contribution in [-0.2, 0) is 16.0 Å². The van der Waals surface area contributed by atoms with Crippen LogP contribution >= 0.6 is 0 Å². The Hall–Kier alpha value is -2.17. The zero-order valence-electron chi connectivity index (χ0n) is 15.1. The van der Waals surface area contributed by atoms with Gasteiger partial charge in [0.15, 0.2) is 0 Å². The molecule has 2 aliphatic rings. The molecule has 1 aliphatic carbocycles. The van der Waals surface area contributed by atoms with E-state index in [4.69, 9.17) is 0 Å². The van der Waals surface area contributed by atoms with Gasteiger partial charge in [-0.2, -0.15) is 0 Å². The molecule has 1 aromatic carbocycles. The zero-order valence-corrected chi connectivity index (χ0v) is 15.1. The van der Waals surface area contributed by atoms with Crippen molar-refractivity contribution in [2.24, 2.45) is 11.8 Å². The van der Waals surface area contributed by atoms with E-state index in [0.717, 1.165) is 12.8 Å². The highest BCUT2D eigenvalue weighted by Crippen LogP contribution is 2.23. The molecule has 1 saturated heterocycles. The third kappa shape index (κ3) is 4.93. The SMILES string of the molecule is O=C(NCCc1ccccc1F)C1CCN(C(=O)CC2C=CCC2)CC1. The highest BCUT2D eigenvalue weighted by atomic mass is 19.1. The lowest BCUT2D eigenvalue weighted by Gasteiger charge is -2.32. The lowest BCUT2D eigenvalue weighted by molar-refractivity contribution is -0.136. The number of hydrogen-bond acceptors (Lipinski definition) is 2. The molecule has 0 radical (unpaired) electrons. The first kappa shape index (κ1) is 18.6. The van der Waals surface area contributed by atoms with Crippen molar-refractivity contribution in [3.63, 3.8) is 0 Å². The fourth-order valence-electron chi connectivity index (χ4n) is 3.78. The lowest BCUT2D eigenvalue weighted by Crippen LogP contribution is -2.43. The molecule has 4 nitrogen and oxygen atoms in total. The Labute approximate surface area is 154 Å². The summed E-state index contributed by atoms with van der Waals surface area (Å²) in [5.74, 6) is 0.339. The predicted molar refractivity (Wildman–Crippen MR) is 98.9 cm³/mol. The van der Waals surface area contributed by atoms with Gasteiger partial charge in [0.25, 0.3) is 0 Å². The van der Waals surface area contributed by atoms with E-state index >= 15 is 0 Å². The number of carbonyl (C=O) groups is 2. The van der Waals surface area contributed by atoms with Gasteiger partial charge in [-0.3, -0.25) is 9.59 Å². The fourth-order valence-corrected chi connectivity index (χ4v) is 3.78. The van der Waals surface area contributed by atoms with E-state index in [-0.39, 0.29) is 23.5 Å². The Morgan fingerprint density at radius 1 is 1.15 bits per heavy atom. The van der Waals surface area contributed by atoms with Gasteiger partial charge in [0.1, 0.15) is 5.82 Å². The normalized spacial score (nSPS) is 20.3. The number of allylic oxidation sites excluding steroid dienone is 2. The number of rotatable bonds is 6. The molecule has 0 spiro atoms. The van der Waals surface area contributed by atoms with E-state index in [2.05, 4.69) is 17.5 Å². The topological polar surface area (TPSA) is 49.4 Å². The van der Waals surface area contributed by atoms with Crippen molar-refractivity contribution in [2.45, 2.75) is 38.5 Å². The quantitative estimate of drug-likeness (QED) is 0.795. The van der Waals surface area contributed by atoms with E-state index in [0.29, 0.717) is 56.8 Å². The van der Waals surface area contributed by atoms with Gasteiger partial charge in [-0.25, -0.2) is 4.39 Å². The van der Waals surface area contributed by atoms with Crippen molar-refractivity contribution >= 4 is 11.8 Å². The first-order valence-corrected chi connectivity index (χ1v) is 9.59. The Morgan fingerprint density at radius 2 is 1.92 bits per heavy atom. The summed E-state index contributed by atoms with van der Waals surface area (Å²) in [6.07, 6.45) is 8.94. The maximum absolute atomic E-state index is 13.6. The third-order valence-corrected chi connectivity index (χ3v) is 5.42. The second-order valence-corrected chi connectivity index (χ2v) is 7.26. The van der Waals surface area contributed by atoms with Crippen LogP contribution in [0.5, 0.6) is 0 Å². The molecular weight excluding hydrogens is 331 g/mol. The lowest BCUT2D eigenvalue weighted by atomic mass is 9.95. The van der Waals surface area contributed by atoms with Gasteiger partial charge in [-0.05, 0) is 49.7 Å². The summed E-state index contributed by atoms with van der Waals surface area (Å²) in [5, 5.41) is 2.91. The van der Waals surface area contributed by atoms with Crippen LogP contribution in [0.4, 0.5) is 4.39 Å². The average Bonchev–Trinajstić information content (AvgIpc) is 3.16. The number of piperidine rings is 1. The van der Waals surface area contributed by atoms with Crippen molar-refractivity contribution < 1.29 is 14.0 Å². The summed E-state index contributed by atoms with van der Waals surface area (Å²) in [7, 11) is 0. The van der Waals surface area contributed by atoms with Gasteiger partial charge >= 0.3 is 0 Å². The van der Waals surface area contributed by atoms with Gasteiger partial charge in [0.05, 0.1) is 0 Å². The number of amides is 2. The van der Waals surface area contributed by atoms with Gasteiger partial charge in [-0.15, -0.1) is 0 Å². The van der Waals surface area contributed by atoms with Crippen LogP contribution in [0.3, 0.4) is 0 Å². The zero-order chi connectivity index (χ0) is 18.4. The van der Waals surface area contributed by atoms with E-state index < -0.39 is 0 Å². The molecule has 1 aliphatic heterocycles. The summed E-state index contributed by atoms with van der Waals surface area (Å²) < 4.78 is 13.6. The summed E-state index contributed by atoms with van der Waals surface area (Å²) in [6, 6.07) is 6.64. The number of benzene rings is 1. The van der Waals surface area contributed by atoms with Crippen molar-refractivity contribution in [1.29, 1.82) is 0 Å². The molecule has 5 heteroatoms. The highest BCUT2D eigenvalue weighted by Gasteiger charge is 2.28. The maximum atomic E-state index is 13.6. The van der Waals surface area contributed by atoms with Gasteiger partial charge < -0.3 is 10.2 Å². The van der Waals surface area contributed by atoms with E-state index in [1.54, 1.807) is 18.2 Å². The van der Waals surface area contributed by atoms with Gasteiger partial charge in [-0.1, -0.05) is 30.4 Å². The summed E-state index contributed by atoms with van der Waals surface area (Å²) >= 11 is 0. The molecule has 1 N–H and O–H groups in total. The molecule has 26 heavy (non-hydrogen) atoms. The van der Waals surface area contributed by atoms with Crippen molar-refractivity contribution in [2.75, 3.05) is 19.6 Å². The molecule has 0 bridgehead atoms. The Kier molecular flexibility index (Phi) is 6.42. The number of likely N-dealkylation sites (tertiary alicyclic amines) is 1. The van der Waals surface area contributed by atoms with Crippen LogP contribution < -0.4 is 5.32 Å². The molecule has 2 amide bonds. The summed E-state index contributed by atoms with van der Waals surface area (Å²) in [5.41, 5.74) is 0.620.